The smallest absolute Gasteiger partial charge is 0.277 e. The first-order valence-electron chi connectivity index (χ1n) is 5.18. The van der Waals surface area contributed by atoms with Crippen LogP contribution < -0.4 is 5.73 Å². The van der Waals surface area contributed by atoms with Gasteiger partial charge in [0.25, 0.3) is 5.89 Å². The third-order valence-electron chi connectivity index (χ3n) is 2.21. The number of nitrogens with zero attached hydrogens (tertiary/aromatic N) is 4. The molecule has 3 heterocycles. The van der Waals surface area contributed by atoms with E-state index in [1.165, 1.54) is 22.7 Å². The monoisotopic (exact) mass is 279 g/mol. The molecule has 0 saturated carbocycles. The minimum Gasteiger partial charge on any atom is -0.332 e. The van der Waals surface area contributed by atoms with Crippen molar-refractivity contribution in [3.63, 3.8) is 0 Å². The normalized spacial score (nSPS) is 12.8. The Morgan fingerprint density at radius 1 is 1.33 bits per heavy atom. The topological polar surface area (TPSA) is 90.7 Å². The van der Waals surface area contributed by atoms with E-state index in [0.29, 0.717) is 17.4 Å². The minimum absolute atomic E-state index is 0.0902. The Labute approximate surface area is 111 Å². The first-order valence-corrected chi connectivity index (χ1v) is 6.94. The fraction of sp³-hybridized carbons (Fsp3) is 0.200. The van der Waals surface area contributed by atoms with E-state index < -0.39 is 0 Å². The molecule has 0 bridgehead atoms. The van der Waals surface area contributed by atoms with Crippen LogP contribution in [0, 0.1) is 0 Å². The van der Waals surface area contributed by atoms with Gasteiger partial charge in [-0.15, -0.1) is 22.7 Å². The summed E-state index contributed by atoms with van der Waals surface area (Å²) < 4.78 is 5.19. The Bertz CT molecular complexity index is 643. The van der Waals surface area contributed by atoms with E-state index in [9.17, 15) is 0 Å². The van der Waals surface area contributed by atoms with Crippen LogP contribution in [0.4, 0.5) is 0 Å². The van der Waals surface area contributed by atoms with Gasteiger partial charge in [0.1, 0.15) is 10.7 Å². The van der Waals surface area contributed by atoms with E-state index in [1.807, 2.05) is 12.3 Å². The summed E-state index contributed by atoms with van der Waals surface area (Å²) in [4.78, 5) is 13.5. The van der Waals surface area contributed by atoms with Crippen molar-refractivity contribution in [3.8, 4) is 22.3 Å². The molecule has 2 N–H and O–H groups in total. The number of rotatable bonds is 3. The van der Waals surface area contributed by atoms with Crippen molar-refractivity contribution in [1.29, 1.82) is 0 Å². The van der Waals surface area contributed by atoms with Crippen LogP contribution in [0.2, 0.25) is 0 Å². The van der Waals surface area contributed by atoms with Gasteiger partial charge in [0, 0.05) is 11.6 Å². The molecule has 0 aliphatic carbocycles. The van der Waals surface area contributed by atoms with Crippen molar-refractivity contribution in [2.75, 3.05) is 0 Å². The van der Waals surface area contributed by atoms with Gasteiger partial charge >= 0.3 is 0 Å². The predicted octanol–water partition coefficient (Wildman–Crippen LogP) is 2.34. The van der Waals surface area contributed by atoms with Gasteiger partial charge in [-0.05, 0) is 6.92 Å². The molecule has 3 aromatic rings. The van der Waals surface area contributed by atoms with Crippen molar-refractivity contribution < 1.29 is 4.52 Å². The lowest BCUT2D eigenvalue weighted by Crippen LogP contribution is -2.03. The van der Waals surface area contributed by atoms with Gasteiger partial charge in [-0.25, -0.2) is 4.98 Å². The Morgan fingerprint density at radius 3 is 2.89 bits per heavy atom. The average Bonchev–Trinajstić information content (AvgIpc) is 3.10. The lowest BCUT2D eigenvalue weighted by molar-refractivity contribution is 0.431. The van der Waals surface area contributed by atoms with Gasteiger partial charge in [0.15, 0.2) is 0 Å². The van der Waals surface area contributed by atoms with Crippen LogP contribution >= 0.6 is 22.7 Å². The SMILES string of the molecule is CC(N)c1nc(-c2nc(-c3cncs3)no2)cs1. The molecule has 1 atom stereocenters. The Hall–Kier alpha value is -1.64. The van der Waals surface area contributed by atoms with E-state index in [0.717, 1.165) is 9.88 Å². The summed E-state index contributed by atoms with van der Waals surface area (Å²) >= 11 is 2.95. The second kappa shape index (κ2) is 4.56. The molecule has 0 aliphatic rings. The lowest BCUT2D eigenvalue weighted by atomic mass is 10.4. The molecule has 92 valence electrons. The number of thiazole rings is 2. The molecule has 0 aromatic carbocycles. The predicted molar refractivity (Wildman–Crippen MR) is 69.1 cm³/mol. The highest BCUT2D eigenvalue weighted by Gasteiger charge is 2.15. The lowest BCUT2D eigenvalue weighted by Gasteiger charge is -1.95. The van der Waals surface area contributed by atoms with Crippen LogP contribution in [0.15, 0.2) is 21.6 Å². The van der Waals surface area contributed by atoms with Gasteiger partial charge in [-0.3, -0.25) is 4.98 Å². The molecule has 0 spiro atoms. The van der Waals surface area contributed by atoms with Crippen LogP contribution in [-0.4, -0.2) is 20.1 Å². The van der Waals surface area contributed by atoms with Crippen molar-refractivity contribution >= 4 is 22.7 Å². The van der Waals surface area contributed by atoms with Crippen molar-refractivity contribution in [2.24, 2.45) is 5.73 Å². The van der Waals surface area contributed by atoms with Crippen LogP contribution in [0.25, 0.3) is 22.3 Å². The standard InChI is InChI=1S/C10H9N5OS2/c1-5(11)10-13-6(3-17-10)9-14-8(15-16-9)7-2-12-4-18-7/h2-5H,11H2,1H3. The second-order valence-electron chi connectivity index (χ2n) is 3.65. The summed E-state index contributed by atoms with van der Waals surface area (Å²) in [7, 11) is 0. The van der Waals surface area contributed by atoms with Gasteiger partial charge < -0.3 is 10.3 Å². The zero-order valence-electron chi connectivity index (χ0n) is 9.40. The number of aromatic nitrogens is 4. The molecular formula is C10H9N5OS2. The fourth-order valence-electron chi connectivity index (χ4n) is 1.35. The molecule has 0 saturated heterocycles. The molecule has 8 heteroatoms. The maximum absolute atomic E-state index is 5.76. The Morgan fingerprint density at radius 2 is 2.22 bits per heavy atom. The zero-order valence-corrected chi connectivity index (χ0v) is 11.0. The number of nitrogens with two attached hydrogens (primary N) is 1. The minimum atomic E-state index is -0.0902. The highest BCUT2D eigenvalue weighted by Crippen LogP contribution is 2.26. The maximum Gasteiger partial charge on any atom is 0.277 e. The van der Waals surface area contributed by atoms with Crippen LogP contribution in [0.5, 0.6) is 0 Å². The Balaban J connectivity index is 1.93. The van der Waals surface area contributed by atoms with Crippen molar-refractivity contribution in [2.45, 2.75) is 13.0 Å². The number of hydrogen-bond donors (Lipinski definition) is 1. The highest BCUT2D eigenvalue weighted by molar-refractivity contribution is 7.13. The summed E-state index contributed by atoms with van der Waals surface area (Å²) in [6, 6.07) is -0.0902. The Kier molecular flexibility index (Phi) is 2.90. The van der Waals surface area contributed by atoms with Gasteiger partial charge in [-0.1, -0.05) is 5.16 Å². The van der Waals surface area contributed by atoms with E-state index in [4.69, 9.17) is 10.3 Å². The summed E-state index contributed by atoms with van der Waals surface area (Å²) in [5, 5.41) is 6.62. The third-order valence-corrected chi connectivity index (χ3v) is 4.02. The molecule has 0 amide bonds. The van der Waals surface area contributed by atoms with E-state index in [-0.39, 0.29) is 6.04 Å². The van der Waals surface area contributed by atoms with Crippen LogP contribution in [-0.2, 0) is 0 Å². The van der Waals surface area contributed by atoms with Gasteiger partial charge in [-0.2, -0.15) is 4.98 Å². The van der Waals surface area contributed by atoms with E-state index in [1.54, 1.807) is 11.7 Å². The summed E-state index contributed by atoms with van der Waals surface area (Å²) in [5.74, 6) is 0.935. The van der Waals surface area contributed by atoms with Gasteiger partial charge in [0.2, 0.25) is 5.82 Å². The summed E-state index contributed by atoms with van der Waals surface area (Å²) in [6.45, 7) is 1.89. The molecule has 3 aromatic heterocycles. The fourth-order valence-corrected chi connectivity index (χ4v) is 2.65. The first-order chi connectivity index (χ1) is 8.74. The number of hydrogen-bond acceptors (Lipinski definition) is 8. The molecule has 18 heavy (non-hydrogen) atoms. The molecule has 0 aliphatic heterocycles. The van der Waals surface area contributed by atoms with Gasteiger partial charge in [0.05, 0.1) is 16.4 Å². The quantitative estimate of drug-likeness (QED) is 0.791. The van der Waals surface area contributed by atoms with E-state index >= 15 is 0 Å². The summed E-state index contributed by atoms with van der Waals surface area (Å²) in [6.07, 6.45) is 1.70. The largest absolute Gasteiger partial charge is 0.332 e. The molecule has 6 nitrogen and oxygen atoms in total. The van der Waals surface area contributed by atoms with Crippen LogP contribution in [0.1, 0.15) is 18.0 Å². The average molecular weight is 279 g/mol. The van der Waals surface area contributed by atoms with E-state index in [2.05, 4.69) is 20.1 Å². The maximum atomic E-state index is 5.76. The van der Waals surface area contributed by atoms with Crippen LogP contribution in [0.3, 0.4) is 0 Å². The highest BCUT2D eigenvalue weighted by atomic mass is 32.1. The molecule has 3 rings (SSSR count). The molecule has 0 fully saturated rings. The molecule has 1 unspecified atom stereocenters. The van der Waals surface area contributed by atoms with Crippen molar-refractivity contribution in [1.82, 2.24) is 20.1 Å². The summed E-state index contributed by atoms with van der Waals surface area (Å²) in [5.41, 5.74) is 8.15. The van der Waals surface area contributed by atoms with Crippen molar-refractivity contribution in [3.05, 3.63) is 22.1 Å². The third kappa shape index (κ3) is 2.05. The molecular weight excluding hydrogens is 270 g/mol. The first kappa shape index (κ1) is 11.5. The second-order valence-corrected chi connectivity index (χ2v) is 5.42. The molecule has 0 radical (unpaired) electrons. The zero-order chi connectivity index (χ0) is 12.5.